The van der Waals surface area contributed by atoms with Gasteiger partial charge in [0.05, 0.1) is 6.61 Å². The molecule has 1 fully saturated rings. The van der Waals surface area contributed by atoms with E-state index >= 15 is 0 Å². The molecule has 0 saturated carbocycles. The lowest BCUT2D eigenvalue weighted by atomic mass is 9.73. The van der Waals surface area contributed by atoms with E-state index in [1.807, 2.05) is 30.3 Å². The Bertz CT molecular complexity index is 751. The van der Waals surface area contributed by atoms with Gasteiger partial charge in [-0.2, -0.15) is 0 Å². The summed E-state index contributed by atoms with van der Waals surface area (Å²) in [6.07, 6.45) is 2.74. The number of carbonyl (C=O) groups is 1. The van der Waals surface area contributed by atoms with E-state index in [0.717, 1.165) is 34.8 Å². The van der Waals surface area contributed by atoms with Crippen LogP contribution < -0.4 is 5.32 Å². The monoisotopic (exact) mass is 297 g/mol. The van der Waals surface area contributed by atoms with Crippen LogP contribution in [0.3, 0.4) is 0 Å². The highest BCUT2D eigenvalue weighted by Gasteiger charge is 2.55. The van der Waals surface area contributed by atoms with Crippen molar-refractivity contribution in [1.29, 1.82) is 0 Å². The molecule has 1 aliphatic carbocycles. The summed E-state index contributed by atoms with van der Waals surface area (Å²) in [6.45, 7) is 1.28. The number of amides is 1. The maximum Gasteiger partial charge on any atom is 0.243 e. The van der Waals surface area contributed by atoms with E-state index in [1.165, 1.54) is 0 Å². The molecule has 0 bridgehead atoms. The molecular formula is C17H15NO4. The van der Waals surface area contributed by atoms with Crippen molar-refractivity contribution in [2.24, 2.45) is 5.92 Å². The van der Waals surface area contributed by atoms with Gasteiger partial charge in [0.1, 0.15) is 23.5 Å². The highest BCUT2D eigenvalue weighted by molar-refractivity contribution is 6.09. The quantitative estimate of drug-likeness (QED) is 0.796. The first-order valence-corrected chi connectivity index (χ1v) is 7.48. The molecule has 5 nitrogen and oxygen atoms in total. The highest BCUT2D eigenvalue weighted by Crippen LogP contribution is 2.52. The van der Waals surface area contributed by atoms with E-state index < -0.39 is 5.41 Å². The van der Waals surface area contributed by atoms with Gasteiger partial charge in [-0.1, -0.05) is 18.2 Å². The van der Waals surface area contributed by atoms with E-state index in [9.17, 15) is 4.79 Å². The summed E-state index contributed by atoms with van der Waals surface area (Å²) in [4.78, 5) is 12.8. The normalized spacial score (nSPS) is 31.7. The van der Waals surface area contributed by atoms with Gasteiger partial charge in [0.2, 0.25) is 5.91 Å². The molecule has 1 saturated heterocycles. The third-order valence-electron chi connectivity index (χ3n) is 4.99. The Hall–Kier alpha value is -2.27. The predicted molar refractivity (Wildman–Crippen MR) is 77.8 cm³/mol. The predicted octanol–water partition coefficient (Wildman–Crippen LogP) is 2.07. The largest absolute Gasteiger partial charge is 0.496 e. The Morgan fingerprint density at radius 1 is 1.23 bits per heavy atom. The van der Waals surface area contributed by atoms with Crippen LogP contribution in [-0.2, 0) is 24.4 Å². The third kappa shape index (κ3) is 1.39. The van der Waals surface area contributed by atoms with Gasteiger partial charge in [-0.25, -0.2) is 0 Å². The molecule has 0 radical (unpaired) electrons. The number of hydrogen-bond donors (Lipinski definition) is 1. The van der Waals surface area contributed by atoms with Crippen molar-refractivity contribution in [2.75, 3.05) is 25.3 Å². The van der Waals surface area contributed by atoms with Gasteiger partial charge in [0.15, 0.2) is 6.79 Å². The van der Waals surface area contributed by atoms with Gasteiger partial charge in [0.25, 0.3) is 0 Å². The van der Waals surface area contributed by atoms with Crippen molar-refractivity contribution >= 4 is 11.6 Å². The Morgan fingerprint density at radius 3 is 3.09 bits per heavy atom. The molecule has 1 aromatic rings. The molecule has 1 spiro atoms. The third-order valence-corrected chi connectivity index (χ3v) is 4.99. The lowest BCUT2D eigenvalue weighted by Gasteiger charge is -2.30. The number of rotatable bonds is 0. The lowest BCUT2D eigenvalue weighted by molar-refractivity contribution is -0.120. The summed E-state index contributed by atoms with van der Waals surface area (Å²) in [6, 6.07) is 7.83. The van der Waals surface area contributed by atoms with Gasteiger partial charge in [-0.3, -0.25) is 4.79 Å². The molecule has 1 amide bonds. The summed E-state index contributed by atoms with van der Waals surface area (Å²) >= 11 is 0. The first-order valence-electron chi connectivity index (χ1n) is 7.48. The van der Waals surface area contributed by atoms with Crippen LogP contribution in [-0.4, -0.2) is 25.9 Å². The molecule has 5 rings (SSSR count). The SMILES string of the molecule is O=C1Nc2ccccc2C12COC1=C2C=C2OCOCC2C1. The number of allylic oxidation sites excluding steroid dienone is 2. The number of para-hydroxylation sites is 1. The van der Waals surface area contributed by atoms with Crippen molar-refractivity contribution in [2.45, 2.75) is 11.8 Å². The summed E-state index contributed by atoms with van der Waals surface area (Å²) in [5, 5.41) is 2.99. The summed E-state index contributed by atoms with van der Waals surface area (Å²) < 4.78 is 16.9. The fourth-order valence-electron chi connectivity index (χ4n) is 3.87. The number of benzene rings is 1. The first-order chi connectivity index (χ1) is 10.8. The number of ether oxygens (including phenoxy) is 3. The molecule has 2 atom stereocenters. The van der Waals surface area contributed by atoms with Crippen LogP contribution in [0.15, 0.2) is 47.4 Å². The molecule has 112 valence electrons. The van der Waals surface area contributed by atoms with Crippen molar-refractivity contribution < 1.29 is 19.0 Å². The Labute approximate surface area is 127 Å². The highest BCUT2D eigenvalue weighted by atomic mass is 16.7. The van der Waals surface area contributed by atoms with E-state index in [1.54, 1.807) is 0 Å². The Balaban J connectivity index is 1.67. The van der Waals surface area contributed by atoms with Crippen LogP contribution in [0.25, 0.3) is 0 Å². The first kappa shape index (κ1) is 12.3. The van der Waals surface area contributed by atoms with Crippen LogP contribution in [0, 0.1) is 5.92 Å². The summed E-state index contributed by atoms with van der Waals surface area (Å²) in [5.41, 5.74) is 2.08. The topological polar surface area (TPSA) is 56.8 Å². The molecule has 2 unspecified atom stereocenters. The standard InChI is InChI=1S/C17H15NO4/c19-16-17(11-3-1-2-4-13(11)18-16)8-21-15-5-10-7-20-9-22-14(10)6-12(15)17/h1-4,6,10H,5,7-9H2,(H,18,19). The zero-order chi connectivity index (χ0) is 14.7. The lowest BCUT2D eigenvalue weighted by Crippen LogP contribution is -2.38. The number of carbonyl (C=O) groups excluding carboxylic acids is 1. The van der Waals surface area contributed by atoms with Crippen molar-refractivity contribution in [3.8, 4) is 0 Å². The van der Waals surface area contributed by atoms with Gasteiger partial charge >= 0.3 is 0 Å². The van der Waals surface area contributed by atoms with Gasteiger partial charge < -0.3 is 19.5 Å². The smallest absolute Gasteiger partial charge is 0.243 e. The Kier molecular flexibility index (Phi) is 2.31. The summed E-state index contributed by atoms with van der Waals surface area (Å²) in [5.74, 6) is 1.99. The fraction of sp³-hybridized carbons (Fsp3) is 0.353. The van der Waals surface area contributed by atoms with Gasteiger partial charge in [0, 0.05) is 23.6 Å². The molecule has 3 heterocycles. The van der Waals surface area contributed by atoms with Crippen LogP contribution in [0.4, 0.5) is 5.69 Å². The number of fused-ring (bicyclic) bond motifs is 4. The molecule has 1 N–H and O–H groups in total. The minimum absolute atomic E-state index is 0.0129. The zero-order valence-corrected chi connectivity index (χ0v) is 11.9. The minimum Gasteiger partial charge on any atom is -0.496 e. The van der Waals surface area contributed by atoms with Crippen LogP contribution >= 0.6 is 0 Å². The minimum atomic E-state index is -0.731. The number of nitrogens with one attached hydrogen (secondary N) is 1. The molecule has 0 aromatic heterocycles. The fourth-order valence-corrected chi connectivity index (χ4v) is 3.87. The molecule has 22 heavy (non-hydrogen) atoms. The van der Waals surface area contributed by atoms with Crippen molar-refractivity contribution in [3.05, 3.63) is 53.0 Å². The average Bonchev–Trinajstić information content (AvgIpc) is 3.06. The number of anilines is 1. The molecule has 3 aliphatic heterocycles. The van der Waals surface area contributed by atoms with Crippen LogP contribution in [0.2, 0.25) is 0 Å². The molecule has 5 heteroatoms. The second-order valence-corrected chi connectivity index (χ2v) is 6.11. The van der Waals surface area contributed by atoms with Gasteiger partial charge in [-0.15, -0.1) is 0 Å². The maximum absolute atomic E-state index is 12.8. The van der Waals surface area contributed by atoms with Crippen molar-refractivity contribution in [1.82, 2.24) is 0 Å². The molecule has 1 aromatic carbocycles. The molecular weight excluding hydrogens is 282 g/mol. The maximum atomic E-state index is 12.8. The van der Waals surface area contributed by atoms with Crippen LogP contribution in [0.1, 0.15) is 12.0 Å². The van der Waals surface area contributed by atoms with Crippen LogP contribution in [0.5, 0.6) is 0 Å². The second-order valence-electron chi connectivity index (χ2n) is 6.11. The molecule has 4 aliphatic rings. The number of hydrogen-bond acceptors (Lipinski definition) is 4. The van der Waals surface area contributed by atoms with Gasteiger partial charge in [-0.05, 0) is 17.7 Å². The van der Waals surface area contributed by atoms with E-state index in [4.69, 9.17) is 14.2 Å². The average molecular weight is 297 g/mol. The summed E-state index contributed by atoms with van der Waals surface area (Å²) in [7, 11) is 0. The second kappa shape index (κ2) is 4.14. The zero-order valence-electron chi connectivity index (χ0n) is 11.9. The van der Waals surface area contributed by atoms with E-state index in [0.29, 0.717) is 13.2 Å². The van der Waals surface area contributed by atoms with E-state index in [2.05, 4.69) is 5.32 Å². The Morgan fingerprint density at radius 2 is 2.14 bits per heavy atom. The van der Waals surface area contributed by atoms with E-state index in [-0.39, 0.29) is 18.6 Å². The van der Waals surface area contributed by atoms with Crippen molar-refractivity contribution in [3.63, 3.8) is 0 Å².